The number of benzene rings is 2. The van der Waals surface area contributed by atoms with E-state index in [-0.39, 0.29) is 55.2 Å². The zero-order valence-electron chi connectivity index (χ0n) is 43.9. The summed E-state index contributed by atoms with van der Waals surface area (Å²) >= 11 is 0. The van der Waals surface area contributed by atoms with Crippen LogP contribution in [-0.4, -0.2) is 209 Å². The number of rotatable bonds is 21. The van der Waals surface area contributed by atoms with Gasteiger partial charge in [-0.2, -0.15) is 0 Å². The fourth-order valence-electron chi connectivity index (χ4n) is 11.3. The van der Waals surface area contributed by atoms with Crippen molar-refractivity contribution in [2.75, 3.05) is 26.4 Å². The molecule has 2 aromatic carbocycles. The summed E-state index contributed by atoms with van der Waals surface area (Å²) in [7, 11) is 0. The number of hydrogen-bond donors (Lipinski definition) is 10. The van der Waals surface area contributed by atoms with Crippen LogP contribution in [0.4, 0.5) is 13.2 Å². The molecule has 20 atom stereocenters. The second kappa shape index (κ2) is 27.5. The highest BCUT2D eigenvalue weighted by Gasteiger charge is 2.54. The van der Waals surface area contributed by atoms with Gasteiger partial charge in [0.1, 0.15) is 66.7 Å². The number of nitrogens with zero attached hydrogens (tertiary/aromatic N) is 3. The summed E-state index contributed by atoms with van der Waals surface area (Å²) in [5.74, 6) is -9.08. The van der Waals surface area contributed by atoms with Gasteiger partial charge in [-0.25, -0.2) is 27.4 Å². The van der Waals surface area contributed by atoms with Crippen LogP contribution in [0.2, 0.25) is 0 Å². The van der Waals surface area contributed by atoms with E-state index in [4.69, 9.17) is 37.9 Å². The zero-order chi connectivity index (χ0) is 57.5. The highest BCUT2D eigenvalue weighted by atomic mass is 19.2. The van der Waals surface area contributed by atoms with Gasteiger partial charge >= 0.3 is 11.9 Å². The normalized spacial score (nSPS) is 35.5. The number of aromatic nitrogens is 3. The number of aliphatic carboxylic acids is 1. The first kappa shape index (κ1) is 61.3. The van der Waals surface area contributed by atoms with Crippen LogP contribution >= 0.6 is 0 Å². The maximum absolute atomic E-state index is 14.3. The van der Waals surface area contributed by atoms with Gasteiger partial charge in [0.15, 0.2) is 48.5 Å². The first-order valence-electron chi connectivity index (χ1n) is 27.0. The Morgan fingerprint density at radius 2 is 1.46 bits per heavy atom. The lowest BCUT2D eigenvalue weighted by atomic mass is 9.75. The van der Waals surface area contributed by atoms with Crippen molar-refractivity contribution in [2.24, 2.45) is 17.8 Å². The topological polar surface area (TPSA) is 350 Å². The Kier molecular flexibility index (Phi) is 21.1. The number of carboxylic acids is 1. The molecular weight excluding hydrogens is 1070 g/mol. The number of esters is 1. The van der Waals surface area contributed by atoms with Crippen LogP contribution in [0.3, 0.4) is 0 Å². The van der Waals surface area contributed by atoms with E-state index >= 15 is 0 Å². The van der Waals surface area contributed by atoms with Crippen molar-refractivity contribution in [1.82, 2.24) is 20.3 Å². The molecule has 8 rings (SSSR count). The number of halogens is 3. The Balaban J connectivity index is 1.02. The predicted octanol–water partition coefficient (Wildman–Crippen LogP) is 0.622. The van der Waals surface area contributed by atoms with Crippen LogP contribution in [0, 0.1) is 35.2 Å². The molecule has 1 amide bonds. The van der Waals surface area contributed by atoms with Gasteiger partial charge in [-0.1, -0.05) is 68.9 Å². The number of carboxylic acid groups (broad SMARTS) is 1. The molecule has 0 spiro atoms. The molecule has 24 nitrogen and oxygen atoms in total. The fraction of sp³-hybridized carbons (Fsp3) is 0.679. The van der Waals surface area contributed by atoms with Crippen molar-refractivity contribution in [3.8, 4) is 11.3 Å². The van der Waals surface area contributed by atoms with E-state index in [1.165, 1.54) is 19.1 Å². The first-order chi connectivity index (χ1) is 38.3. The highest BCUT2D eigenvalue weighted by Crippen LogP contribution is 2.41. The molecule has 1 aromatic heterocycles. The van der Waals surface area contributed by atoms with Crippen molar-refractivity contribution < 1.29 is 111 Å². The van der Waals surface area contributed by atoms with Crippen LogP contribution in [0.1, 0.15) is 88.0 Å². The van der Waals surface area contributed by atoms with E-state index in [1.807, 2.05) is 0 Å². The summed E-state index contributed by atoms with van der Waals surface area (Å²) < 4.78 is 91.7. The molecule has 4 heterocycles. The van der Waals surface area contributed by atoms with E-state index < -0.39 is 171 Å². The average molecular weight is 1140 g/mol. The highest BCUT2D eigenvalue weighted by molar-refractivity contribution is 5.89. The molecule has 0 bridgehead atoms. The molecule has 80 heavy (non-hydrogen) atoms. The molecule has 5 fully saturated rings. The molecular formula is C53H71F3N4O20. The predicted molar refractivity (Wildman–Crippen MR) is 265 cm³/mol. The maximum atomic E-state index is 14.3. The van der Waals surface area contributed by atoms with E-state index in [0.29, 0.717) is 18.6 Å². The summed E-state index contributed by atoms with van der Waals surface area (Å²) in [6.45, 7) is 1.08. The second-order valence-corrected chi connectivity index (χ2v) is 21.1. The molecule has 2 saturated carbocycles. The Labute approximate surface area is 457 Å². The van der Waals surface area contributed by atoms with Gasteiger partial charge in [-0.3, -0.25) is 4.79 Å². The van der Waals surface area contributed by atoms with Gasteiger partial charge in [0.25, 0.3) is 0 Å². The molecule has 444 valence electrons. The quantitative estimate of drug-likeness (QED) is 0.0397. The van der Waals surface area contributed by atoms with Crippen LogP contribution in [0.15, 0.2) is 48.7 Å². The number of nitrogens with one attached hydrogen (secondary N) is 1. The molecule has 0 radical (unpaired) electrons. The molecule has 3 saturated heterocycles. The minimum Gasteiger partial charge on any atom is -0.479 e. The van der Waals surface area contributed by atoms with E-state index in [9.17, 15) is 73.5 Å². The van der Waals surface area contributed by atoms with Crippen LogP contribution in [-0.2, 0) is 47.5 Å². The summed E-state index contributed by atoms with van der Waals surface area (Å²) in [6, 6.07) is 7.68. The number of carbonyl (C=O) groups excluding carboxylic acids is 2. The van der Waals surface area contributed by atoms with Crippen molar-refractivity contribution in [3.63, 3.8) is 0 Å². The third-order valence-electron chi connectivity index (χ3n) is 15.8. The van der Waals surface area contributed by atoms with E-state index in [1.54, 1.807) is 25.1 Å². The monoisotopic (exact) mass is 1140 g/mol. The molecule has 3 aliphatic heterocycles. The van der Waals surface area contributed by atoms with Gasteiger partial charge in [-0.05, 0) is 62.3 Å². The van der Waals surface area contributed by atoms with Crippen LogP contribution < -0.4 is 5.32 Å². The number of hydrogen-bond acceptors (Lipinski definition) is 21. The first-order valence-corrected chi connectivity index (χ1v) is 27.0. The van der Waals surface area contributed by atoms with Crippen molar-refractivity contribution in [1.29, 1.82) is 0 Å². The third kappa shape index (κ3) is 14.0. The number of amides is 1. The van der Waals surface area contributed by atoms with E-state index in [2.05, 4.69) is 15.6 Å². The largest absolute Gasteiger partial charge is 0.479 e. The lowest BCUT2D eigenvalue weighted by molar-refractivity contribution is -0.349. The lowest BCUT2D eigenvalue weighted by Gasteiger charge is -2.48. The molecule has 12 unspecified atom stereocenters. The van der Waals surface area contributed by atoms with Gasteiger partial charge in [0.2, 0.25) is 5.91 Å². The number of aliphatic hydroxyl groups excluding tert-OH is 8. The van der Waals surface area contributed by atoms with Gasteiger partial charge < -0.3 is 89.2 Å². The Morgan fingerprint density at radius 1 is 0.787 bits per heavy atom. The van der Waals surface area contributed by atoms with Gasteiger partial charge in [0.05, 0.1) is 49.9 Å². The second-order valence-electron chi connectivity index (χ2n) is 21.1. The summed E-state index contributed by atoms with van der Waals surface area (Å²) in [5, 5.41) is 108. The smallest absolute Gasteiger partial charge is 0.338 e. The number of ether oxygens (including phenoxy) is 8. The number of carbonyl (C=O) groups is 3. The Hall–Kier alpha value is -4.82. The van der Waals surface area contributed by atoms with Gasteiger partial charge in [0, 0.05) is 18.0 Å². The number of aliphatic hydroxyl groups is 8. The van der Waals surface area contributed by atoms with Gasteiger partial charge in [-0.15, -0.1) is 5.10 Å². The van der Waals surface area contributed by atoms with Crippen molar-refractivity contribution in [3.05, 3.63) is 71.7 Å². The van der Waals surface area contributed by atoms with Crippen molar-refractivity contribution in [2.45, 2.75) is 182 Å². The summed E-state index contributed by atoms with van der Waals surface area (Å²) in [5.41, 5.74) is -0.300. The molecule has 2 aliphatic carbocycles. The Bertz CT molecular complexity index is 2490. The minimum absolute atomic E-state index is 0.0272. The molecule has 27 heteroatoms. The molecule has 10 N–H and O–H groups in total. The Morgan fingerprint density at radius 3 is 2.12 bits per heavy atom. The van der Waals surface area contributed by atoms with Crippen molar-refractivity contribution >= 4 is 17.8 Å². The standard InChI is InChI=1S/C53H71F3N4O20/c1-3-26-17-29(48(69)57-14-15-73-51-42(66)38(40(64)35(22-61)77-51)60-21-32(58-59-60)28-18-30(54)37(56)31(55)19-28)20-33(45(26)80-52-44(68)43(67)39(63)24(2)74-52)76-53-47(79-50(72)27-12-8-5-9-13-27)46(41(65)36(23-62)78-53)75-34(49(70)71)16-25-10-6-4-7-11-25/h5,8-9,12-13,18-19,21,24-26,29,33-36,38-47,51-53,61-68H,3-4,6-7,10-11,14-17,20,22-23H2,1-2H3,(H,57,69)(H,70,71)/t24?,26?,29?,33-,34+,35?,36?,38?,39-,40-,41+,42?,43?,44?,45?,46?,47?,51+,52+,53-/m1/s1. The maximum Gasteiger partial charge on any atom is 0.338 e. The summed E-state index contributed by atoms with van der Waals surface area (Å²) in [6.07, 6.45) is -20.6. The minimum atomic E-state index is -1.78. The average Bonchev–Trinajstić information content (AvgIpc) is 3.94. The van der Waals surface area contributed by atoms with E-state index in [0.717, 1.165) is 43.0 Å². The molecule has 5 aliphatic rings. The SMILES string of the molecule is CCC1CC(C(=O)NCCO[C@H]2OC(CO)[C@@H](O)C(n3cc(-c4cc(F)c(F)c(F)c4)nn3)C2O)C[C@@H](O[C@@H]2OC(CO)[C@H](O)C(O[C@@H](CC3CCCCC3)C(=O)O)C2OC(=O)c2ccccc2)C1O[C@@H]1OC(C)[C@@H](O)C(O)C1O. The zero-order valence-corrected chi connectivity index (χ0v) is 43.9. The molecule has 3 aromatic rings. The lowest BCUT2D eigenvalue weighted by Crippen LogP contribution is -2.64. The van der Waals surface area contributed by atoms with Crippen LogP contribution in [0.5, 0.6) is 0 Å². The summed E-state index contributed by atoms with van der Waals surface area (Å²) in [4.78, 5) is 41.1. The third-order valence-corrected chi connectivity index (χ3v) is 15.8. The fourth-order valence-corrected chi connectivity index (χ4v) is 11.3. The van der Waals surface area contributed by atoms with Crippen LogP contribution in [0.25, 0.3) is 11.3 Å².